The summed E-state index contributed by atoms with van der Waals surface area (Å²) in [5.41, 5.74) is 5.47. The zero-order chi connectivity index (χ0) is 21.2. The number of hydrogen-bond acceptors (Lipinski definition) is 4. The monoisotopic (exact) mass is 427 g/mol. The number of para-hydroxylation sites is 1. The van der Waals surface area contributed by atoms with Gasteiger partial charge in [-0.25, -0.2) is 4.98 Å². The maximum absolute atomic E-state index is 13.0. The Labute approximate surface area is 186 Å². The highest BCUT2D eigenvalue weighted by Gasteiger charge is 2.24. The van der Waals surface area contributed by atoms with Crippen LogP contribution in [0.25, 0.3) is 21.3 Å². The predicted octanol–water partition coefficient (Wildman–Crippen LogP) is 5.49. The Morgan fingerprint density at radius 3 is 2.29 bits per heavy atom. The van der Waals surface area contributed by atoms with Crippen molar-refractivity contribution < 1.29 is 4.79 Å². The molecule has 1 saturated heterocycles. The summed E-state index contributed by atoms with van der Waals surface area (Å²) >= 11 is 1.75. The molecule has 0 atom stereocenters. The summed E-state index contributed by atoms with van der Waals surface area (Å²) in [6.45, 7) is 5.24. The molecule has 0 bridgehead atoms. The quantitative estimate of drug-likeness (QED) is 0.432. The summed E-state index contributed by atoms with van der Waals surface area (Å²) < 4.78 is 1.24. The SMILES string of the molecule is CCc1cccc2sc(N3CCN(C(=O)c4ccc(-c5ccccc5)cc4)CC3)nc12. The molecule has 1 aliphatic rings. The van der Waals surface area contributed by atoms with Gasteiger partial charge in [-0.2, -0.15) is 0 Å². The first-order valence-corrected chi connectivity index (χ1v) is 11.6. The lowest BCUT2D eigenvalue weighted by atomic mass is 10.0. The van der Waals surface area contributed by atoms with Gasteiger partial charge in [0.05, 0.1) is 10.2 Å². The van der Waals surface area contributed by atoms with E-state index < -0.39 is 0 Å². The van der Waals surface area contributed by atoms with Crippen LogP contribution in [0, 0.1) is 0 Å². The van der Waals surface area contributed by atoms with Crippen LogP contribution in [0.1, 0.15) is 22.8 Å². The molecule has 0 N–H and O–H groups in total. The molecule has 0 spiro atoms. The van der Waals surface area contributed by atoms with Gasteiger partial charge in [0.15, 0.2) is 5.13 Å². The number of carbonyl (C=O) groups is 1. The molecule has 0 aliphatic carbocycles. The second kappa shape index (κ2) is 8.52. The average molecular weight is 428 g/mol. The minimum absolute atomic E-state index is 0.108. The van der Waals surface area contributed by atoms with Gasteiger partial charge in [-0.15, -0.1) is 0 Å². The van der Waals surface area contributed by atoms with Crippen LogP contribution < -0.4 is 4.90 Å². The van der Waals surface area contributed by atoms with Crippen molar-refractivity contribution in [1.29, 1.82) is 0 Å². The largest absolute Gasteiger partial charge is 0.345 e. The fourth-order valence-electron chi connectivity index (χ4n) is 4.13. The minimum atomic E-state index is 0.108. The third-order valence-electron chi connectivity index (χ3n) is 5.95. The van der Waals surface area contributed by atoms with E-state index in [-0.39, 0.29) is 5.91 Å². The minimum Gasteiger partial charge on any atom is -0.345 e. The van der Waals surface area contributed by atoms with Crippen molar-refractivity contribution in [3.05, 3.63) is 83.9 Å². The first-order valence-electron chi connectivity index (χ1n) is 10.8. The van der Waals surface area contributed by atoms with Crippen LogP contribution in [0.4, 0.5) is 5.13 Å². The molecule has 0 radical (unpaired) electrons. The van der Waals surface area contributed by atoms with Gasteiger partial charge in [-0.05, 0) is 41.3 Å². The predicted molar refractivity (Wildman–Crippen MR) is 129 cm³/mol. The maximum atomic E-state index is 13.0. The van der Waals surface area contributed by atoms with Crippen LogP contribution in [0.5, 0.6) is 0 Å². The van der Waals surface area contributed by atoms with Gasteiger partial charge in [0, 0.05) is 31.7 Å². The van der Waals surface area contributed by atoms with Gasteiger partial charge in [-0.3, -0.25) is 4.79 Å². The molecule has 1 fully saturated rings. The van der Waals surface area contributed by atoms with E-state index in [1.807, 2.05) is 47.4 Å². The van der Waals surface area contributed by atoms with E-state index in [2.05, 4.69) is 42.2 Å². The van der Waals surface area contributed by atoms with Crippen LogP contribution in [0.15, 0.2) is 72.8 Å². The molecule has 1 amide bonds. The summed E-state index contributed by atoms with van der Waals surface area (Å²) in [5.74, 6) is 0.108. The van der Waals surface area contributed by atoms with E-state index in [0.29, 0.717) is 0 Å². The second-order valence-electron chi connectivity index (χ2n) is 7.84. The number of aromatic nitrogens is 1. The van der Waals surface area contributed by atoms with Crippen molar-refractivity contribution >= 4 is 32.6 Å². The summed E-state index contributed by atoms with van der Waals surface area (Å²) in [7, 11) is 0. The Balaban J connectivity index is 1.26. The first kappa shape index (κ1) is 19.8. The Kier molecular flexibility index (Phi) is 5.43. The van der Waals surface area contributed by atoms with Gasteiger partial charge < -0.3 is 9.80 Å². The number of anilines is 1. The number of piperazine rings is 1. The number of hydrogen-bond donors (Lipinski definition) is 0. The topological polar surface area (TPSA) is 36.4 Å². The molecule has 4 aromatic rings. The van der Waals surface area contributed by atoms with Crippen LogP contribution in [-0.4, -0.2) is 42.0 Å². The van der Waals surface area contributed by atoms with Crippen LogP contribution in [0.2, 0.25) is 0 Å². The Bertz CT molecular complexity index is 1190. The lowest BCUT2D eigenvalue weighted by Gasteiger charge is -2.34. The third-order valence-corrected chi connectivity index (χ3v) is 7.03. The zero-order valence-electron chi connectivity index (χ0n) is 17.6. The van der Waals surface area contributed by atoms with Crippen LogP contribution >= 0.6 is 11.3 Å². The number of amides is 1. The van der Waals surface area contributed by atoms with E-state index in [9.17, 15) is 4.79 Å². The van der Waals surface area contributed by atoms with Crippen LogP contribution in [0.3, 0.4) is 0 Å². The first-order chi connectivity index (χ1) is 15.2. The normalized spacial score (nSPS) is 14.2. The summed E-state index contributed by atoms with van der Waals surface area (Å²) in [6.07, 6.45) is 0.992. The molecule has 1 aromatic heterocycles. The van der Waals surface area contributed by atoms with Crippen molar-refractivity contribution in [3.8, 4) is 11.1 Å². The molecular formula is C26H25N3OS. The fourth-order valence-corrected chi connectivity index (χ4v) is 5.20. The van der Waals surface area contributed by atoms with Crippen LogP contribution in [-0.2, 0) is 6.42 Å². The van der Waals surface area contributed by atoms with Gasteiger partial charge in [0.2, 0.25) is 0 Å². The Morgan fingerprint density at radius 2 is 1.58 bits per heavy atom. The molecule has 1 aliphatic heterocycles. The fraction of sp³-hybridized carbons (Fsp3) is 0.231. The average Bonchev–Trinajstić information content (AvgIpc) is 3.29. The van der Waals surface area contributed by atoms with E-state index in [1.54, 1.807) is 11.3 Å². The Hall–Kier alpha value is -3.18. The van der Waals surface area contributed by atoms with E-state index >= 15 is 0 Å². The van der Waals surface area contributed by atoms with Crippen molar-refractivity contribution in [3.63, 3.8) is 0 Å². The van der Waals surface area contributed by atoms with Crippen molar-refractivity contribution in [2.75, 3.05) is 31.1 Å². The molecule has 31 heavy (non-hydrogen) atoms. The molecule has 2 heterocycles. The molecule has 4 nitrogen and oxygen atoms in total. The van der Waals surface area contributed by atoms with Crippen molar-refractivity contribution in [2.45, 2.75) is 13.3 Å². The number of rotatable bonds is 4. The van der Waals surface area contributed by atoms with E-state index in [1.165, 1.54) is 10.3 Å². The van der Waals surface area contributed by atoms with E-state index in [0.717, 1.165) is 59.9 Å². The molecule has 5 heteroatoms. The highest BCUT2D eigenvalue weighted by atomic mass is 32.1. The van der Waals surface area contributed by atoms with Gasteiger partial charge in [-0.1, -0.05) is 72.9 Å². The van der Waals surface area contributed by atoms with Gasteiger partial charge in [0.25, 0.3) is 5.91 Å². The standard InChI is InChI=1S/C26H25N3OS/c1-2-19-9-6-10-23-24(19)27-26(31-23)29-17-15-28(16-18-29)25(30)22-13-11-21(12-14-22)20-7-4-3-5-8-20/h3-14H,2,15-18H2,1H3. The molecule has 0 unspecified atom stereocenters. The molecular weight excluding hydrogens is 402 g/mol. The smallest absolute Gasteiger partial charge is 0.253 e. The second-order valence-corrected chi connectivity index (χ2v) is 8.85. The number of benzene rings is 3. The van der Waals surface area contributed by atoms with Crippen molar-refractivity contribution in [2.24, 2.45) is 0 Å². The number of nitrogens with zero attached hydrogens (tertiary/aromatic N) is 3. The highest BCUT2D eigenvalue weighted by molar-refractivity contribution is 7.22. The lowest BCUT2D eigenvalue weighted by Crippen LogP contribution is -2.48. The molecule has 3 aromatic carbocycles. The number of thiazole rings is 1. The third kappa shape index (κ3) is 3.93. The number of aryl methyl sites for hydroxylation is 1. The Morgan fingerprint density at radius 1 is 0.871 bits per heavy atom. The number of fused-ring (bicyclic) bond motifs is 1. The van der Waals surface area contributed by atoms with Gasteiger partial charge in [0.1, 0.15) is 0 Å². The maximum Gasteiger partial charge on any atom is 0.253 e. The van der Waals surface area contributed by atoms with E-state index in [4.69, 9.17) is 4.98 Å². The summed E-state index contributed by atoms with van der Waals surface area (Å²) in [5, 5.41) is 1.07. The summed E-state index contributed by atoms with van der Waals surface area (Å²) in [4.78, 5) is 22.2. The highest BCUT2D eigenvalue weighted by Crippen LogP contribution is 2.31. The zero-order valence-corrected chi connectivity index (χ0v) is 18.4. The molecule has 0 saturated carbocycles. The number of carbonyl (C=O) groups excluding carboxylic acids is 1. The molecule has 156 valence electrons. The summed E-state index contributed by atoms with van der Waals surface area (Å²) in [6, 6.07) is 24.6. The van der Waals surface area contributed by atoms with Crippen molar-refractivity contribution in [1.82, 2.24) is 9.88 Å². The molecule has 5 rings (SSSR count). The lowest BCUT2D eigenvalue weighted by molar-refractivity contribution is 0.0747. The van der Waals surface area contributed by atoms with Gasteiger partial charge >= 0.3 is 0 Å².